The fraction of sp³-hybridized carbons (Fsp3) is 0.125. The van der Waals surface area contributed by atoms with E-state index in [1.165, 1.54) is 6.33 Å². The Morgan fingerprint density at radius 1 is 1.05 bits per heavy atom. The van der Waals surface area contributed by atoms with Crippen LogP contribution in [0.25, 0.3) is 10.9 Å². The minimum Gasteiger partial charge on any atom is -0.493 e. The van der Waals surface area contributed by atoms with Crippen LogP contribution in [0, 0.1) is 0 Å². The van der Waals surface area contributed by atoms with E-state index in [9.17, 15) is 0 Å². The number of aromatic nitrogens is 2. The monoisotopic (exact) mass is 336 g/mol. The van der Waals surface area contributed by atoms with Gasteiger partial charge in [0.15, 0.2) is 11.5 Å². The summed E-state index contributed by atoms with van der Waals surface area (Å²) in [5.41, 5.74) is 1.80. The summed E-state index contributed by atoms with van der Waals surface area (Å²) in [7, 11) is 1.60. The summed E-state index contributed by atoms with van der Waals surface area (Å²) in [6.07, 6.45) is 1.43. The number of rotatable bonds is 4. The summed E-state index contributed by atoms with van der Waals surface area (Å²) in [6, 6.07) is 13.5. The van der Waals surface area contributed by atoms with Gasteiger partial charge in [0.2, 0.25) is 0 Å². The van der Waals surface area contributed by atoms with E-state index in [-0.39, 0.29) is 12.4 Å². The van der Waals surface area contributed by atoms with E-state index >= 15 is 0 Å². The van der Waals surface area contributed by atoms with Crippen molar-refractivity contribution in [1.82, 2.24) is 9.97 Å². The SMILES string of the molecule is COc1cc2ncnc(Cl)c2cc1OCc1ccccc1.Cl. The van der Waals surface area contributed by atoms with Crippen molar-refractivity contribution >= 4 is 34.9 Å². The van der Waals surface area contributed by atoms with Gasteiger partial charge >= 0.3 is 0 Å². The maximum absolute atomic E-state index is 6.09. The van der Waals surface area contributed by atoms with E-state index in [4.69, 9.17) is 21.1 Å². The van der Waals surface area contributed by atoms with Crippen molar-refractivity contribution in [2.75, 3.05) is 7.11 Å². The second kappa shape index (κ2) is 7.29. The molecule has 1 aromatic heterocycles. The van der Waals surface area contributed by atoms with Crippen LogP contribution >= 0.6 is 24.0 Å². The van der Waals surface area contributed by atoms with Gasteiger partial charge in [0.1, 0.15) is 18.1 Å². The van der Waals surface area contributed by atoms with E-state index in [2.05, 4.69) is 9.97 Å². The first-order chi connectivity index (χ1) is 10.3. The Labute approximate surface area is 139 Å². The average molecular weight is 337 g/mol. The predicted molar refractivity (Wildman–Crippen MR) is 89.1 cm³/mol. The topological polar surface area (TPSA) is 44.2 Å². The molecule has 0 aliphatic rings. The van der Waals surface area contributed by atoms with Gasteiger partial charge in [-0.1, -0.05) is 41.9 Å². The molecule has 0 fully saturated rings. The van der Waals surface area contributed by atoms with Gasteiger partial charge in [0.25, 0.3) is 0 Å². The van der Waals surface area contributed by atoms with Gasteiger partial charge in [-0.15, -0.1) is 12.4 Å². The maximum atomic E-state index is 6.09. The van der Waals surface area contributed by atoms with Crippen molar-refractivity contribution in [3.63, 3.8) is 0 Å². The zero-order chi connectivity index (χ0) is 14.7. The Morgan fingerprint density at radius 2 is 1.82 bits per heavy atom. The Morgan fingerprint density at radius 3 is 2.55 bits per heavy atom. The van der Waals surface area contributed by atoms with E-state index in [0.29, 0.717) is 23.3 Å². The molecule has 0 aliphatic heterocycles. The molecule has 1 heterocycles. The molecule has 22 heavy (non-hydrogen) atoms. The number of hydrogen-bond acceptors (Lipinski definition) is 4. The van der Waals surface area contributed by atoms with Gasteiger partial charge in [-0.25, -0.2) is 9.97 Å². The fourth-order valence-electron chi connectivity index (χ4n) is 2.04. The van der Waals surface area contributed by atoms with Crippen molar-refractivity contribution in [2.45, 2.75) is 6.61 Å². The lowest BCUT2D eigenvalue weighted by Gasteiger charge is -2.12. The third-order valence-corrected chi connectivity index (χ3v) is 3.41. The highest BCUT2D eigenvalue weighted by Crippen LogP contribution is 2.34. The van der Waals surface area contributed by atoms with Crippen molar-refractivity contribution in [1.29, 1.82) is 0 Å². The van der Waals surface area contributed by atoms with Crippen molar-refractivity contribution in [3.8, 4) is 11.5 Å². The molecule has 3 rings (SSSR count). The molecule has 6 heteroatoms. The van der Waals surface area contributed by atoms with Crippen LogP contribution < -0.4 is 9.47 Å². The molecule has 0 aliphatic carbocycles. The van der Waals surface area contributed by atoms with E-state index < -0.39 is 0 Å². The van der Waals surface area contributed by atoms with Crippen LogP contribution in [0.4, 0.5) is 0 Å². The molecule has 0 saturated heterocycles. The Hall–Kier alpha value is -2.04. The summed E-state index contributed by atoms with van der Waals surface area (Å²) in [5, 5.41) is 1.13. The van der Waals surface area contributed by atoms with Crippen LogP contribution in [0.1, 0.15) is 5.56 Å². The minimum atomic E-state index is 0. The Balaban J connectivity index is 0.00000176. The standard InChI is InChI=1S/C16H13ClN2O2.ClH/c1-20-14-8-13-12(16(17)19-10-18-13)7-15(14)21-9-11-5-3-2-4-6-11;/h2-8,10H,9H2,1H3;1H. The normalized spacial score (nSPS) is 10.1. The molecule has 114 valence electrons. The lowest BCUT2D eigenvalue weighted by molar-refractivity contribution is 0.285. The van der Waals surface area contributed by atoms with Gasteiger partial charge in [0, 0.05) is 11.5 Å². The van der Waals surface area contributed by atoms with Gasteiger partial charge in [0.05, 0.1) is 12.6 Å². The molecule has 4 nitrogen and oxygen atoms in total. The molecule has 0 unspecified atom stereocenters. The number of hydrogen-bond donors (Lipinski definition) is 0. The van der Waals surface area contributed by atoms with Crippen molar-refractivity contribution in [3.05, 3.63) is 59.5 Å². The predicted octanol–water partition coefficient (Wildman–Crippen LogP) is 4.29. The van der Waals surface area contributed by atoms with E-state index in [1.54, 1.807) is 19.2 Å². The van der Waals surface area contributed by atoms with Crippen LogP contribution in [0.5, 0.6) is 11.5 Å². The second-order valence-electron chi connectivity index (χ2n) is 4.46. The number of fused-ring (bicyclic) bond motifs is 1. The fourth-order valence-corrected chi connectivity index (χ4v) is 2.24. The summed E-state index contributed by atoms with van der Waals surface area (Å²) in [5.74, 6) is 1.23. The first kappa shape index (κ1) is 16.3. The summed E-state index contributed by atoms with van der Waals surface area (Å²) in [4.78, 5) is 8.16. The number of ether oxygens (including phenoxy) is 2. The highest BCUT2D eigenvalue weighted by Gasteiger charge is 2.10. The van der Waals surface area contributed by atoms with Crippen LogP contribution in [0.2, 0.25) is 5.15 Å². The lowest BCUT2D eigenvalue weighted by atomic mass is 10.2. The lowest BCUT2D eigenvalue weighted by Crippen LogP contribution is -1.98. The molecular weight excluding hydrogens is 323 g/mol. The minimum absolute atomic E-state index is 0. The molecule has 0 radical (unpaired) electrons. The summed E-state index contributed by atoms with van der Waals surface area (Å²) in [6.45, 7) is 0.452. The van der Waals surface area contributed by atoms with E-state index in [1.807, 2.05) is 30.3 Å². The van der Waals surface area contributed by atoms with Gasteiger partial charge < -0.3 is 9.47 Å². The number of nitrogens with zero attached hydrogens (tertiary/aromatic N) is 2. The number of benzene rings is 2. The van der Waals surface area contributed by atoms with Gasteiger partial charge in [-0.3, -0.25) is 0 Å². The molecule has 0 spiro atoms. The largest absolute Gasteiger partial charge is 0.493 e. The van der Waals surface area contributed by atoms with Crippen molar-refractivity contribution < 1.29 is 9.47 Å². The molecule has 0 amide bonds. The average Bonchev–Trinajstić information content (AvgIpc) is 2.53. The molecule has 0 bridgehead atoms. The molecule has 0 saturated carbocycles. The number of methoxy groups -OCH3 is 1. The molecule has 3 aromatic rings. The second-order valence-corrected chi connectivity index (χ2v) is 4.82. The summed E-state index contributed by atoms with van der Waals surface area (Å²) < 4.78 is 11.2. The molecule has 2 aromatic carbocycles. The number of halogens is 2. The third-order valence-electron chi connectivity index (χ3n) is 3.11. The molecule has 0 N–H and O–H groups in total. The van der Waals surface area contributed by atoms with Gasteiger partial charge in [-0.2, -0.15) is 0 Å². The van der Waals surface area contributed by atoms with Gasteiger partial charge in [-0.05, 0) is 11.6 Å². The van der Waals surface area contributed by atoms with Crippen LogP contribution in [-0.4, -0.2) is 17.1 Å². The zero-order valence-corrected chi connectivity index (χ0v) is 13.4. The quantitative estimate of drug-likeness (QED) is 0.666. The first-order valence-electron chi connectivity index (χ1n) is 6.43. The zero-order valence-electron chi connectivity index (χ0n) is 11.8. The molecular formula is C16H14Cl2N2O2. The van der Waals surface area contributed by atoms with Crippen LogP contribution in [-0.2, 0) is 6.61 Å². The molecule has 0 atom stereocenters. The summed E-state index contributed by atoms with van der Waals surface area (Å²) >= 11 is 6.09. The Bertz CT molecular complexity index is 767. The highest BCUT2D eigenvalue weighted by atomic mass is 35.5. The van der Waals surface area contributed by atoms with Crippen LogP contribution in [0.3, 0.4) is 0 Å². The Kier molecular flexibility index (Phi) is 5.41. The maximum Gasteiger partial charge on any atom is 0.162 e. The first-order valence-corrected chi connectivity index (χ1v) is 6.80. The van der Waals surface area contributed by atoms with Crippen molar-refractivity contribution in [2.24, 2.45) is 0 Å². The third kappa shape index (κ3) is 3.40. The highest BCUT2D eigenvalue weighted by molar-refractivity contribution is 6.34. The smallest absolute Gasteiger partial charge is 0.162 e. The van der Waals surface area contributed by atoms with E-state index in [0.717, 1.165) is 16.5 Å². The van der Waals surface area contributed by atoms with Crippen LogP contribution in [0.15, 0.2) is 48.8 Å².